The summed E-state index contributed by atoms with van der Waals surface area (Å²) >= 11 is 0. The molecule has 11 heteroatoms. The molecule has 43 heavy (non-hydrogen) atoms. The highest BCUT2D eigenvalue weighted by Gasteiger charge is 2.34. The lowest BCUT2D eigenvalue weighted by molar-refractivity contribution is -0.138. The van der Waals surface area contributed by atoms with E-state index in [0.717, 1.165) is 55.4 Å². The number of benzene rings is 1. The summed E-state index contributed by atoms with van der Waals surface area (Å²) in [5, 5.41) is 12.3. The molecular weight excluding hydrogens is 555 g/mol. The van der Waals surface area contributed by atoms with Crippen molar-refractivity contribution in [2.45, 2.75) is 39.4 Å². The van der Waals surface area contributed by atoms with Crippen molar-refractivity contribution in [1.29, 1.82) is 0 Å². The topological polar surface area (TPSA) is 89.2 Å². The number of aromatic amines is 1. The van der Waals surface area contributed by atoms with Crippen LogP contribution in [0, 0.1) is 11.8 Å². The van der Waals surface area contributed by atoms with Crippen LogP contribution in [-0.2, 0) is 19.1 Å². The summed E-state index contributed by atoms with van der Waals surface area (Å²) in [7, 11) is 0. The third-order valence-electron chi connectivity index (χ3n) is 7.61. The number of nitrogens with one attached hydrogen (secondary N) is 3. The zero-order valence-corrected chi connectivity index (χ0v) is 24.2. The predicted molar refractivity (Wildman–Crippen MR) is 161 cm³/mol. The minimum Gasteiger partial charge on any atom is -0.308 e. The molecule has 1 aliphatic heterocycles. The molecule has 0 saturated carbocycles. The van der Waals surface area contributed by atoms with E-state index in [2.05, 4.69) is 62.5 Å². The summed E-state index contributed by atoms with van der Waals surface area (Å²) < 4.78 is 41.9. The van der Waals surface area contributed by atoms with Crippen LogP contribution in [-0.4, -0.2) is 63.7 Å². The summed E-state index contributed by atoms with van der Waals surface area (Å²) in [5.74, 6) is 6.51. The largest absolute Gasteiger partial charge is 0.416 e. The molecule has 1 fully saturated rings. The first-order valence-electron chi connectivity index (χ1n) is 14.3. The number of carbonyl (C=O) groups is 1. The number of nitrogens with zero attached hydrogens (tertiary/aromatic N) is 4. The van der Waals surface area contributed by atoms with Gasteiger partial charge in [0.1, 0.15) is 5.82 Å². The Bertz CT molecular complexity index is 1590. The van der Waals surface area contributed by atoms with Gasteiger partial charge in [-0.15, -0.1) is 0 Å². The van der Waals surface area contributed by atoms with Crippen LogP contribution in [0.25, 0.3) is 6.08 Å². The van der Waals surface area contributed by atoms with Crippen molar-refractivity contribution in [3.8, 4) is 11.8 Å². The van der Waals surface area contributed by atoms with Crippen molar-refractivity contribution in [3.63, 3.8) is 0 Å². The van der Waals surface area contributed by atoms with Gasteiger partial charge in [-0.05, 0) is 54.9 Å². The smallest absolute Gasteiger partial charge is 0.308 e. The SMILES string of the molecule is CCC1=CC(C#Cc2ccnc(NC(=O)Nc3ccc(CN4CCN(CC)CC4)c(C(F)(F)F)c3)c2)=Cc2cn[nH]c2C1. The summed E-state index contributed by atoms with van der Waals surface area (Å²) in [6.07, 6.45) is 4.46. The lowest BCUT2D eigenvalue weighted by Crippen LogP contribution is -2.45. The number of anilines is 2. The van der Waals surface area contributed by atoms with Crippen molar-refractivity contribution in [3.05, 3.63) is 87.9 Å². The van der Waals surface area contributed by atoms with Gasteiger partial charge in [-0.3, -0.25) is 15.3 Å². The number of alkyl halides is 3. The van der Waals surface area contributed by atoms with E-state index >= 15 is 0 Å². The fourth-order valence-corrected chi connectivity index (χ4v) is 5.15. The summed E-state index contributed by atoms with van der Waals surface area (Å²) in [5.41, 5.74) is 4.21. The lowest BCUT2D eigenvalue weighted by Gasteiger charge is -2.34. The number of hydrogen-bond acceptors (Lipinski definition) is 5. The molecule has 2 aromatic heterocycles. The Balaban J connectivity index is 1.25. The summed E-state index contributed by atoms with van der Waals surface area (Å²) in [4.78, 5) is 21.2. The van der Waals surface area contributed by atoms with Gasteiger partial charge in [-0.25, -0.2) is 9.78 Å². The van der Waals surface area contributed by atoms with E-state index in [0.29, 0.717) is 18.7 Å². The number of aromatic nitrogens is 3. The molecule has 1 saturated heterocycles. The highest BCUT2D eigenvalue weighted by Crippen LogP contribution is 2.34. The van der Waals surface area contributed by atoms with Crippen LogP contribution >= 0.6 is 0 Å². The first-order chi connectivity index (χ1) is 20.7. The fourth-order valence-electron chi connectivity index (χ4n) is 5.15. The zero-order valence-electron chi connectivity index (χ0n) is 24.2. The van der Waals surface area contributed by atoms with E-state index in [4.69, 9.17) is 0 Å². The van der Waals surface area contributed by atoms with E-state index in [1.807, 2.05) is 11.0 Å². The Hall–Kier alpha value is -4.40. The third kappa shape index (κ3) is 7.91. The van der Waals surface area contributed by atoms with Gasteiger partial charge in [0.15, 0.2) is 0 Å². The molecule has 1 aliphatic carbocycles. The molecule has 8 nitrogen and oxygen atoms in total. The van der Waals surface area contributed by atoms with E-state index in [1.165, 1.54) is 23.9 Å². The van der Waals surface area contributed by atoms with Crippen molar-refractivity contribution in [2.24, 2.45) is 0 Å². The van der Waals surface area contributed by atoms with Crippen molar-refractivity contribution < 1.29 is 18.0 Å². The molecule has 3 heterocycles. The van der Waals surface area contributed by atoms with Crippen LogP contribution in [0.3, 0.4) is 0 Å². The number of carbonyl (C=O) groups excluding carboxylic acids is 1. The van der Waals surface area contributed by atoms with Crippen LogP contribution in [0.2, 0.25) is 0 Å². The van der Waals surface area contributed by atoms with Gasteiger partial charge >= 0.3 is 12.2 Å². The highest BCUT2D eigenvalue weighted by molar-refractivity contribution is 5.99. The number of amides is 2. The molecule has 0 bridgehead atoms. The van der Waals surface area contributed by atoms with Crippen LogP contribution in [0.15, 0.2) is 59.9 Å². The van der Waals surface area contributed by atoms with Crippen LogP contribution < -0.4 is 10.6 Å². The summed E-state index contributed by atoms with van der Waals surface area (Å²) in [6, 6.07) is 6.54. The van der Waals surface area contributed by atoms with Crippen LogP contribution in [0.1, 0.15) is 48.2 Å². The summed E-state index contributed by atoms with van der Waals surface area (Å²) in [6.45, 7) is 8.39. The van der Waals surface area contributed by atoms with E-state index < -0.39 is 17.8 Å². The molecule has 0 spiro atoms. The van der Waals surface area contributed by atoms with Crippen LogP contribution in [0.4, 0.5) is 29.5 Å². The average molecular weight is 590 g/mol. The van der Waals surface area contributed by atoms with Crippen molar-refractivity contribution >= 4 is 23.6 Å². The first-order valence-corrected chi connectivity index (χ1v) is 14.3. The maximum Gasteiger partial charge on any atom is 0.416 e. The minimum atomic E-state index is -4.55. The van der Waals surface area contributed by atoms with Crippen molar-refractivity contribution in [2.75, 3.05) is 43.4 Å². The van der Waals surface area contributed by atoms with Crippen molar-refractivity contribution in [1.82, 2.24) is 25.0 Å². The predicted octanol–water partition coefficient (Wildman–Crippen LogP) is 5.93. The standard InChI is InChI=1S/C32H34F3N7O/c1-3-22-15-24(16-26-20-37-40-29(26)17-22)6-5-23-9-10-36-30(18-23)39-31(43)38-27-8-7-25(28(19-27)32(33,34)35)21-42-13-11-41(4-2)12-14-42/h7-10,15-16,18-20H,3-4,11-14,17,21H2,1-2H3,(H,37,40)(H2,36,38,39,43). The average Bonchev–Trinajstić information content (AvgIpc) is 3.34. The van der Waals surface area contributed by atoms with Gasteiger partial charge in [-0.2, -0.15) is 18.3 Å². The minimum absolute atomic E-state index is 0.0396. The Morgan fingerprint density at radius 2 is 1.81 bits per heavy atom. The van der Waals surface area contributed by atoms with Gasteiger partial charge in [-0.1, -0.05) is 37.3 Å². The molecule has 0 unspecified atom stereocenters. The molecule has 0 radical (unpaired) electrons. The number of likely N-dealkylation sites (N-methyl/N-ethyl adjacent to an activating group) is 1. The molecule has 1 aromatic carbocycles. The van der Waals surface area contributed by atoms with Gasteiger partial charge < -0.3 is 10.2 Å². The number of hydrogen-bond donors (Lipinski definition) is 3. The van der Waals surface area contributed by atoms with E-state index in [1.54, 1.807) is 18.3 Å². The second-order valence-electron chi connectivity index (χ2n) is 10.6. The van der Waals surface area contributed by atoms with Gasteiger partial charge in [0.25, 0.3) is 0 Å². The molecule has 0 atom stereocenters. The Kier molecular flexibility index (Phi) is 9.28. The highest BCUT2D eigenvalue weighted by atomic mass is 19.4. The van der Waals surface area contributed by atoms with Gasteiger partial charge in [0, 0.05) is 73.4 Å². The maximum absolute atomic E-state index is 14.0. The normalized spacial score (nSPS) is 15.8. The monoisotopic (exact) mass is 589 g/mol. The number of H-pyrrole nitrogens is 1. The Labute approximate surface area is 249 Å². The molecule has 224 valence electrons. The number of urea groups is 1. The van der Waals surface area contributed by atoms with E-state index in [-0.39, 0.29) is 23.6 Å². The second-order valence-corrected chi connectivity index (χ2v) is 10.6. The fraction of sp³-hybridized carbons (Fsp3) is 0.344. The molecule has 5 rings (SSSR count). The number of rotatable bonds is 6. The number of fused-ring (bicyclic) bond motifs is 1. The maximum atomic E-state index is 14.0. The number of halogens is 3. The number of piperazine rings is 1. The Morgan fingerprint density at radius 3 is 2.56 bits per heavy atom. The second kappa shape index (κ2) is 13.3. The number of allylic oxidation sites excluding steroid dienone is 3. The Morgan fingerprint density at radius 1 is 1.02 bits per heavy atom. The molecular formula is C32H34F3N7O. The van der Waals surface area contributed by atoms with Crippen LogP contribution in [0.5, 0.6) is 0 Å². The quantitative estimate of drug-likeness (QED) is 0.310. The number of pyridine rings is 1. The zero-order chi connectivity index (χ0) is 30.4. The molecule has 3 N–H and O–H groups in total. The lowest BCUT2D eigenvalue weighted by atomic mass is 10.0. The molecule has 2 aliphatic rings. The first kappa shape index (κ1) is 30.1. The van der Waals surface area contributed by atoms with Gasteiger partial charge in [0.2, 0.25) is 0 Å². The molecule has 2 amide bonds. The van der Waals surface area contributed by atoms with E-state index in [9.17, 15) is 18.0 Å². The van der Waals surface area contributed by atoms with Gasteiger partial charge in [0.05, 0.1) is 11.8 Å². The third-order valence-corrected chi connectivity index (χ3v) is 7.61. The molecule has 3 aromatic rings.